The first-order valence-corrected chi connectivity index (χ1v) is 6.59. The van der Waals surface area contributed by atoms with Gasteiger partial charge in [0.1, 0.15) is 12.4 Å². The summed E-state index contributed by atoms with van der Waals surface area (Å²) in [5.74, 6) is 0.827. The van der Waals surface area contributed by atoms with Crippen molar-refractivity contribution in [3.05, 3.63) is 28.2 Å². The second-order valence-electron chi connectivity index (χ2n) is 4.24. The number of benzene rings is 1. The topological polar surface area (TPSA) is 44.5 Å². The van der Waals surface area contributed by atoms with E-state index in [0.29, 0.717) is 13.2 Å². The highest BCUT2D eigenvalue weighted by Gasteiger charge is 2.06. The molecule has 1 unspecified atom stereocenters. The molecule has 0 aliphatic rings. The lowest BCUT2D eigenvalue weighted by Gasteiger charge is -2.12. The second-order valence-corrected chi connectivity index (χ2v) is 5.09. The SMILES string of the molecule is CC(C)OCCOc1ccc(C(C)N)c(Br)c1. The lowest BCUT2D eigenvalue weighted by molar-refractivity contribution is 0.0552. The third kappa shape index (κ3) is 5.06. The quantitative estimate of drug-likeness (QED) is 0.820. The van der Waals surface area contributed by atoms with Crippen molar-refractivity contribution in [2.45, 2.75) is 32.9 Å². The van der Waals surface area contributed by atoms with Crippen molar-refractivity contribution in [2.75, 3.05) is 13.2 Å². The lowest BCUT2D eigenvalue weighted by atomic mass is 10.1. The Kier molecular flexibility index (Phi) is 5.95. The van der Waals surface area contributed by atoms with Crippen LogP contribution in [0.5, 0.6) is 5.75 Å². The maximum Gasteiger partial charge on any atom is 0.120 e. The van der Waals surface area contributed by atoms with Gasteiger partial charge in [0.2, 0.25) is 0 Å². The predicted octanol–water partition coefficient (Wildman–Crippen LogP) is 3.27. The van der Waals surface area contributed by atoms with E-state index in [1.807, 2.05) is 39.0 Å². The first-order valence-electron chi connectivity index (χ1n) is 5.80. The van der Waals surface area contributed by atoms with E-state index in [0.717, 1.165) is 15.8 Å². The molecule has 0 aromatic heterocycles. The van der Waals surface area contributed by atoms with Gasteiger partial charge in [-0.1, -0.05) is 22.0 Å². The Hall–Kier alpha value is -0.580. The van der Waals surface area contributed by atoms with E-state index in [2.05, 4.69) is 15.9 Å². The number of rotatable bonds is 6. The van der Waals surface area contributed by atoms with Gasteiger partial charge in [0.15, 0.2) is 0 Å². The maximum atomic E-state index is 5.83. The highest BCUT2D eigenvalue weighted by atomic mass is 79.9. The molecule has 96 valence electrons. The zero-order chi connectivity index (χ0) is 12.8. The molecule has 0 aliphatic carbocycles. The summed E-state index contributed by atoms with van der Waals surface area (Å²) in [4.78, 5) is 0. The minimum atomic E-state index is 0.0164. The van der Waals surface area contributed by atoms with Crippen LogP contribution in [0.2, 0.25) is 0 Å². The van der Waals surface area contributed by atoms with Gasteiger partial charge in [-0.05, 0) is 38.5 Å². The summed E-state index contributed by atoms with van der Waals surface area (Å²) in [6.07, 6.45) is 0.241. The molecule has 0 saturated heterocycles. The normalized spacial score (nSPS) is 12.8. The molecule has 0 bridgehead atoms. The number of nitrogens with two attached hydrogens (primary N) is 1. The predicted molar refractivity (Wildman–Crippen MR) is 73.3 cm³/mol. The summed E-state index contributed by atoms with van der Waals surface area (Å²) in [6, 6.07) is 5.86. The highest BCUT2D eigenvalue weighted by Crippen LogP contribution is 2.26. The number of halogens is 1. The van der Waals surface area contributed by atoms with E-state index in [4.69, 9.17) is 15.2 Å². The lowest BCUT2D eigenvalue weighted by Crippen LogP contribution is -2.11. The summed E-state index contributed by atoms with van der Waals surface area (Å²) in [5.41, 5.74) is 6.91. The van der Waals surface area contributed by atoms with Gasteiger partial charge < -0.3 is 15.2 Å². The van der Waals surface area contributed by atoms with Gasteiger partial charge >= 0.3 is 0 Å². The third-order valence-corrected chi connectivity index (χ3v) is 2.95. The molecular formula is C13H20BrNO2. The molecular weight excluding hydrogens is 282 g/mol. The van der Waals surface area contributed by atoms with Crippen molar-refractivity contribution in [1.29, 1.82) is 0 Å². The summed E-state index contributed by atoms with van der Waals surface area (Å²) in [6.45, 7) is 7.13. The van der Waals surface area contributed by atoms with E-state index in [1.165, 1.54) is 0 Å². The number of hydrogen-bond donors (Lipinski definition) is 1. The summed E-state index contributed by atoms with van der Waals surface area (Å²) < 4.78 is 12.0. The van der Waals surface area contributed by atoms with Gasteiger partial charge in [-0.2, -0.15) is 0 Å². The van der Waals surface area contributed by atoms with Crippen LogP contribution in [0, 0.1) is 0 Å². The van der Waals surface area contributed by atoms with Gasteiger partial charge in [-0.15, -0.1) is 0 Å². The average molecular weight is 302 g/mol. The van der Waals surface area contributed by atoms with Gasteiger partial charge in [0, 0.05) is 10.5 Å². The summed E-state index contributed by atoms with van der Waals surface area (Å²) in [7, 11) is 0. The van der Waals surface area contributed by atoms with Crippen molar-refractivity contribution in [2.24, 2.45) is 5.73 Å². The van der Waals surface area contributed by atoms with Gasteiger partial charge in [0.05, 0.1) is 12.7 Å². The standard InChI is InChI=1S/C13H20BrNO2/c1-9(2)16-6-7-17-11-4-5-12(10(3)15)13(14)8-11/h4-5,8-10H,6-7,15H2,1-3H3. The molecule has 4 heteroatoms. The van der Waals surface area contributed by atoms with Gasteiger partial charge in [-0.25, -0.2) is 0 Å². The Morgan fingerprint density at radius 1 is 1.24 bits per heavy atom. The fourth-order valence-corrected chi connectivity index (χ4v) is 2.13. The van der Waals surface area contributed by atoms with E-state index in [9.17, 15) is 0 Å². The molecule has 0 heterocycles. The highest BCUT2D eigenvalue weighted by molar-refractivity contribution is 9.10. The minimum absolute atomic E-state index is 0.0164. The number of ether oxygens (including phenoxy) is 2. The van der Waals surface area contributed by atoms with Crippen molar-refractivity contribution < 1.29 is 9.47 Å². The van der Waals surface area contributed by atoms with Crippen molar-refractivity contribution >= 4 is 15.9 Å². The Bertz CT molecular complexity index is 353. The molecule has 1 atom stereocenters. The average Bonchev–Trinajstić information content (AvgIpc) is 2.23. The van der Waals surface area contributed by atoms with Crippen LogP contribution in [0.3, 0.4) is 0 Å². The Labute approximate surface area is 111 Å². The minimum Gasteiger partial charge on any atom is -0.491 e. The number of hydrogen-bond acceptors (Lipinski definition) is 3. The zero-order valence-electron chi connectivity index (χ0n) is 10.6. The molecule has 1 aromatic carbocycles. The van der Waals surface area contributed by atoms with Crippen molar-refractivity contribution in [3.63, 3.8) is 0 Å². The van der Waals surface area contributed by atoms with Gasteiger partial charge in [-0.3, -0.25) is 0 Å². The molecule has 0 spiro atoms. The van der Waals surface area contributed by atoms with E-state index >= 15 is 0 Å². The van der Waals surface area contributed by atoms with Crippen LogP contribution in [0.4, 0.5) is 0 Å². The molecule has 2 N–H and O–H groups in total. The van der Waals surface area contributed by atoms with E-state index in [1.54, 1.807) is 0 Å². The second kappa shape index (κ2) is 6.99. The van der Waals surface area contributed by atoms with Crippen LogP contribution >= 0.6 is 15.9 Å². The Balaban J connectivity index is 2.47. The van der Waals surface area contributed by atoms with E-state index < -0.39 is 0 Å². The Morgan fingerprint density at radius 2 is 1.94 bits per heavy atom. The van der Waals surface area contributed by atoms with Crippen LogP contribution < -0.4 is 10.5 Å². The maximum absolute atomic E-state index is 5.83. The molecule has 0 aliphatic heterocycles. The summed E-state index contributed by atoms with van der Waals surface area (Å²) >= 11 is 3.49. The largest absolute Gasteiger partial charge is 0.491 e. The van der Waals surface area contributed by atoms with Crippen LogP contribution in [-0.4, -0.2) is 19.3 Å². The summed E-state index contributed by atoms with van der Waals surface area (Å²) in [5, 5.41) is 0. The first-order chi connectivity index (χ1) is 8.00. The van der Waals surface area contributed by atoms with Crippen molar-refractivity contribution in [1.82, 2.24) is 0 Å². The molecule has 17 heavy (non-hydrogen) atoms. The van der Waals surface area contributed by atoms with Crippen molar-refractivity contribution in [3.8, 4) is 5.75 Å². The fraction of sp³-hybridized carbons (Fsp3) is 0.538. The van der Waals surface area contributed by atoms with Crippen LogP contribution in [0.25, 0.3) is 0 Å². The fourth-order valence-electron chi connectivity index (χ4n) is 1.41. The molecule has 1 aromatic rings. The molecule has 1 rings (SSSR count). The zero-order valence-corrected chi connectivity index (χ0v) is 12.2. The van der Waals surface area contributed by atoms with Crippen LogP contribution in [-0.2, 0) is 4.74 Å². The molecule has 3 nitrogen and oxygen atoms in total. The monoisotopic (exact) mass is 301 g/mol. The Morgan fingerprint density at radius 3 is 2.47 bits per heavy atom. The van der Waals surface area contributed by atoms with Gasteiger partial charge in [0.25, 0.3) is 0 Å². The third-order valence-electron chi connectivity index (χ3n) is 2.27. The molecule has 0 amide bonds. The first kappa shape index (κ1) is 14.5. The molecule has 0 saturated carbocycles. The smallest absolute Gasteiger partial charge is 0.120 e. The van der Waals surface area contributed by atoms with E-state index in [-0.39, 0.29) is 12.1 Å². The van der Waals surface area contributed by atoms with Crippen LogP contribution in [0.1, 0.15) is 32.4 Å². The van der Waals surface area contributed by atoms with Crippen LogP contribution in [0.15, 0.2) is 22.7 Å². The molecule has 0 radical (unpaired) electrons. The molecule has 0 fully saturated rings.